The third-order valence-electron chi connectivity index (χ3n) is 3.89. The predicted octanol–water partition coefficient (Wildman–Crippen LogP) is 4.75. The van der Waals surface area contributed by atoms with Gasteiger partial charge >= 0.3 is 5.69 Å². The molecule has 0 aliphatic rings. The first-order valence-electron chi connectivity index (χ1n) is 8.39. The van der Waals surface area contributed by atoms with Gasteiger partial charge in [0.1, 0.15) is 11.3 Å². The number of nitro benzene ring substituents is 1. The van der Waals surface area contributed by atoms with E-state index in [1.54, 1.807) is 0 Å². The number of amides is 1. The summed E-state index contributed by atoms with van der Waals surface area (Å²) in [6, 6.07) is 7.85. The van der Waals surface area contributed by atoms with E-state index < -0.39 is 27.1 Å². The van der Waals surface area contributed by atoms with Crippen molar-refractivity contribution in [3.63, 3.8) is 0 Å². The maximum Gasteiger partial charge on any atom is 0.355 e. The number of carbonyl (C=O) groups excluding carboxylic acids is 1. The van der Waals surface area contributed by atoms with E-state index in [0.717, 1.165) is 12.4 Å². The Balaban J connectivity index is 1.86. The molecule has 15 heteroatoms. The van der Waals surface area contributed by atoms with Crippen molar-refractivity contribution in [3.8, 4) is 0 Å². The second kappa shape index (κ2) is 9.60. The first-order chi connectivity index (χ1) is 15.2. The van der Waals surface area contributed by atoms with Gasteiger partial charge < -0.3 is 5.32 Å². The topological polar surface area (TPSA) is 165 Å². The second-order valence-electron chi connectivity index (χ2n) is 5.93. The van der Waals surface area contributed by atoms with Crippen LogP contribution in [0.15, 0.2) is 42.7 Å². The lowest BCUT2D eigenvalue weighted by Gasteiger charge is -2.12. The number of carbonyl (C=O) groups is 1. The van der Waals surface area contributed by atoms with Gasteiger partial charge in [-0.15, -0.1) is 0 Å². The van der Waals surface area contributed by atoms with Gasteiger partial charge in [-0.2, -0.15) is 0 Å². The molecule has 3 aromatic rings. The van der Waals surface area contributed by atoms with Crippen molar-refractivity contribution in [2.45, 2.75) is 0 Å². The van der Waals surface area contributed by atoms with Gasteiger partial charge in [-0.1, -0.05) is 34.8 Å². The lowest BCUT2D eigenvalue weighted by molar-refractivity contribution is -0.384. The molecule has 1 aromatic heterocycles. The molecule has 3 rings (SSSR count). The first-order valence-corrected chi connectivity index (χ1v) is 9.52. The molecule has 0 saturated carbocycles. The number of hydrazine groups is 1. The summed E-state index contributed by atoms with van der Waals surface area (Å²) in [5.41, 5.74) is 3.55. The number of nitrogens with one attached hydrogen (secondary N) is 3. The molecule has 0 aliphatic carbocycles. The Hall–Kier alpha value is -3.74. The van der Waals surface area contributed by atoms with E-state index in [-0.39, 0.29) is 32.9 Å². The highest BCUT2D eigenvalue weighted by molar-refractivity contribution is 6.35. The maximum absolute atomic E-state index is 12.3. The van der Waals surface area contributed by atoms with Crippen molar-refractivity contribution in [2.75, 3.05) is 10.7 Å². The first kappa shape index (κ1) is 22.9. The van der Waals surface area contributed by atoms with E-state index in [1.165, 1.54) is 30.3 Å². The van der Waals surface area contributed by atoms with Crippen LogP contribution in [0.5, 0.6) is 0 Å². The number of benzene rings is 2. The number of nitrogens with zero attached hydrogens (tertiary/aromatic N) is 4. The molecule has 0 bridgehead atoms. The molecule has 3 N–H and O–H groups in total. The number of hydrogen-bond donors (Lipinski definition) is 3. The average Bonchev–Trinajstić information content (AvgIpc) is 2.74. The van der Waals surface area contributed by atoms with Crippen LogP contribution in [0, 0.1) is 20.2 Å². The van der Waals surface area contributed by atoms with Crippen molar-refractivity contribution in [2.24, 2.45) is 0 Å². The summed E-state index contributed by atoms with van der Waals surface area (Å²) in [4.78, 5) is 41.0. The number of rotatable bonds is 7. The summed E-state index contributed by atoms with van der Waals surface area (Å²) < 4.78 is 0. The molecule has 1 heterocycles. The van der Waals surface area contributed by atoms with E-state index in [0.29, 0.717) is 5.02 Å². The Morgan fingerprint density at radius 3 is 2.28 bits per heavy atom. The summed E-state index contributed by atoms with van der Waals surface area (Å²) in [5.74, 6) is -1.42. The molecule has 0 unspecified atom stereocenters. The molecule has 0 radical (unpaired) electrons. The van der Waals surface area contributed by atoms with Crippen molar-refractivity contribution in [1.29, 1.82) is 0 Å². The molecule has 0 spiro atoms. The number of halogens is 3. The van der Waals surface area contributed by atoms with E-state index in [4.69, 9.17) is 34.8 Å². The highest BCUT2D eigenvalue weighted by atomic mass is 35.5. The quantitative estimate of drug-likeness (QED) is 0.307. The van der Waals surface area contributed by atoms with Gasteiger partial charge in [0.2, 0.25) is 11.6 Å². The summed E-state index contributed by atoms with van der Waals surface area (Å²) in [6.07, 6.45) is 1.01. The number of anilines is 3. The van der Waals surface area contributed by atoms with Crippen LogP contribution in [0.2, 0.25) is 15.1 Å². The zero-order valence-electron chi connectivity index (χ0n) is 15.5. The van der Waals surface area contributed by atoms with Gasteiger partial charge in [0.25, 0.3) is 11.6 Å². The fourth-order valence-electron chi connectivity index (χ4n) is 2.44. The average molecular weight is 499 g/mol. The lowest BCUT2D eigenvalue weighted by Crippen LogP contribution is -2.30. The van der Waals surface area contributed by atoms with E-state index in [9.17, 15) is 25.0 Å². The molecule has 32 heavy (non-hydrogen) atoms. The third kappa shape index (κ3) is 5.11. The molecule has 0 atom stereocenters. The highest BCUT2D eigenvalue weighted by Crippen LogP contribution is 2.34. The van der Waals surface area contributed by atoms with E-state index in [1.807, 2.05) is 0 Å². The van der Waals surface area contributed by atoms with E-state index >= 15 is 0 Å². The standard InChI is InChI=1S/C17H10Cl3N7O5/c18-9-2-4-10(19)12(6-9)23-15-14(27(31)32)16(22-7-21-15)24-25-17(28)8-1-3-11(20)13(5-8)26(29)30/h1-7H,(H,25,28)(H2,21,22,23,24). The Bertz CT molecular complexity index is 1240. The van der Waals surface area contributed by atoms with Crippen LogP contribution in [0.25, 0.3) is 0 Å². The molecule has 2 aromatic carbocycles. The van der Waals surface area contributed by atoms with Crippen LogP contribution in [0.3, 0.4) is 0 Å². The van der Waals surface area contributed by atoms with E-state index in [2.05, 4.69) is 26.1 Å². The summed E-state index contributed by atoms with van der Waals surface area (Å²) in [6.45, 7) is 0. The minimum absolute atomic E-state index is 0.116. The van der Waals surface area contributed by atoms with Crippen molar-refractivity contribution < 1.29 is 14.6 Å². The molecule has 0 saturated heterocycles. The van der Waals surface area contributed by atoms with Crippen LogP contribution < -0.4 is 16.2 Å². The zero-order chi connectivity index (χ0) is 23.4. The van der Waals surface area contributed by atoms with Crippen LogP contribution in [-0.4, -0.2) is 25.7 Å². The fraction of sp³-hybridized carbons (Fsp3) is 0. The summed E-state index contributed by atoms with van der Waals surface area (Å²) in [7, 11) is 0. The van der Waals surface area contributed by atoms with Crippen molar-refractivity contribution in [3.05, 3.63) is 83.6 Å². The Morgan fingerprint density at radius 2 is 1.59 bits per heavy atom. The third-order valence-corrected chi connectivity index (χ3v) is 4.77. The minimum Gasteiger partial charge on any atom is -0.333 e. The maximum atomic E-state index is 12.3. The molecule has 12 nitrogen and oxygen atoms in total. The van der Waals surface area contributed by atoms with Gasteiger partial charge in [-0.25, -0.2) is 9.97 Å². The second-order valence-corrected chi connectivity index (χ2v) is 7.18. The monoisotopic (exact) mass is 497 g/mol. The highest BCUT2D eigenvalue weighted by Gasteiger charge is 2.25. The smallest absolute Gasteiger partial charge is 0.333 e. The Labute approximate surface area is 193 Å². The van der Waals surface area contributed by atoms with Crippen LogP contribution in [0.1, 0.15) is 10.4 Å². The Kier molecular flexibility index (Phi) is 6.88. The number of aromatic nitrogens is 2. The fourth-order valence-corrected chi connectivity index (χ4v) is 2.96. The summed E-state index contributed by atoms with van der Waals surface area (Å²) >= 11 is 17.7. The largest absolute Gasteiger partial charge is 0.355 e. The lowest BCUT2D eigenvalue weighted by atomic mass is 10.2. The van der Waals surface area contributed by atoms with Crippen LogP contribution >= 0.6 is 34.8 Å². The molecule has 0 aliphatic heterocycles. The van der Waals surface area contributed by atoms with Gasteiger partial charge in [0, 0.05) is 16.7 Å². The molecule has 0 fully saturated rings. The van der Waals surface area contributed by atoms with Crippen LogP contribution in [0.4, 0.5) is 28.7 Å². The van der Waals surface area contributed by atoms with Gasteiger partial charge in [-0.3, -0.25) is 35.9 Å². The van der Waals surface area contributed by atoms with Gasteiger partial charge in [0.05, 0.1) is 20.6 Å². The van der Waals surface area contributed by atoms with Crippen molar-refractivity contribution >= 4 is 69.4 Å². The van der Waals surface area contributed by atoms with Gasteiger partial charge in [-0.05, 0) is 30.3 Å². The molecule has 164 valence electrons. The minimum atomic E-state index is -0.829. The van der Waals surface area contributed by atoms with Crippen molar-refractivity contribution in [1.82, 2.24) is 15.4 Å². The van der Waals surface area contributed by atoms with Crippen LogP contribution in [-0.2, 0) is 0 Å². The number of nitro groups is 2. The Morgan fingerprint density at radius 1 is 0.906 bits per heavy atom. The molecule has 1 amide bonds. The summed E-state index contributed by atoms with van der Waals surface area (Å²) in [5, 5.41) is 25.7. The van der Waals surface area contributed by atoms with Gasteiger partial charge in [0.15, 0.2) is 0 Å². The number of hydrogen-bond acceptors (Lipinski definition) is 9. The predicted molar refractivity (Wildman–Crippen MR) is 118 cm³/mol. The zero-order valence-corrected chi connectivity index (χ0v) is 17.8. The SMILES string of the molecule is O=C(NNc1ncnc(Nc2cc(Cl)ccc2Cl)c1[N+](=O)[O-])c1ccc(Cl)c([N+](=O)[O-])c1. The normalized spacial score (nSPS) is 10.3. The molecular weight excluding hydrogens is 489 g/mol. The molecular formula is C17H10Cl3N7O5.